The molecule has 3 aromatic carbocycles. The third kappa shape index (κ3) is 11.2. The first-order valence-electron chi connectivity index (χ1n) is 26.0. The highest BCUT2D eigenvalue weighted by Crippen LogP contribution is 2.26. The van der Waals surface area contributed by atoms with Gasteiger partial charge in [0.1, 0.15) is 38.6 Å². The van der Waals surface area contributed by atoms with Crippen molar-refractivity contribution in [1.82, 2.24) is 29.9 Å². The maximum absolute atomic E-state index is 8.08. The molecule has 9 nitrogen and oxygen atoms in total. The Balaban J connectivity index is 0.000000164. The van der Waals surface area contributed by atoms with Crippen LogP contribution in [0.5, 0.6) is 0 Å². The lowest BCUT2D eigenvalue weighted by atomic mass is 10.0. The molecule has 0 saturated heterocycles. The van der Waals surface area contributed by atoms with E-state index in [4.69, 9.17) is 12.3 Å². The van der Waals surface area contributed by atoms with Crippen LogP contribution in [-0.4, -0.2) is 29.9 Å². The van der Waals surface area contributed by atoms with E-state index in [9.17, 15) is 0 Å². The lowest BCUT2D eigenvalue weighted by Gasteiger charge is -2.07. The molecule has 0 aliphatic heterocycles. The van der Waals surface area contributed by atoms with Crippen LogP contribution in [0.2, 0.25) is 0 Å². The van der Waals surface area contributed by atoms with Gasteiger partial charge in [-0.15, -0.1) is 0 Å². The van der Waals surface area contributed by atoms with Crippen LogP contribution in [-0.2, 0) is 27.5 Å². The normalized spacial score (nSPS) is 14.3. The molecule has 0 aliphatic rings. The Hall–Kier alpha value is -7.65. The van der Waals surface area contributed by atoms with E-state index < -0.39 is 26.0 Å². The summed E-state index contributed by atoms with van der Waals surface area (Å²) in [6.07, 6.45) is 14.1. The van der Waals surface area contributed by atoms with Gasteiger partial charge in [-0.1, -0.05) is 75.3 Å². The second-order valence-electron chi connectivity index (χ2n) is 15.9. The smallest absolute Gasteiger partial charge is 0.212 e. The molecule has 0 N–H and O–H groups in total. The summed E-state index contributed by atoms with van der Waals surface area (Å²) >= 11 is 0. The molecule has 0 bridgehead atoms. The summed E-state index contributed by atoms with van der Waals surface area (Å²) in [4.78, 5) is 24.5. The van der Waals surface area contributed by atoms with Gasteiger partial charge in [0.05, 0.1) is 0 Å². The Bertz CT molecular complexity index is 3280. The molecule has 9 aromatic rings. The topological polar surface area (TPSA) is 89.0 Å². The summed E-state index contributed by atoms with van der Waals surface area (Å²) in [5.74, 6) is -1.78. The number of benzene rings is 3. The Morgan fingerprint density at radius 3 is 1.15 bits per heavy atom. The molecule has 0 fully saturated rings. The zero-order valence-electron chi connectivity index (χ0n) is 47.6. The molecule has 0 amide bonds. The van der Waals surface area contributed by atoms with E-state index in [0.717, 1.165) is 50.5 Å². The van der Waals surface area contributed by atoms with Crippen LogP contribution in [0.15, 0.2) is 165 Å². The van der Waals surface area contributed by atoms with Crippen molar-refractivity contribution < 1.29 is 26.0 Å². The van der Waals surface area contributed by atoms with Gasteiger partial charge >= 0.3 is 0 Å². The van der Waals surface area contributed by atoms with E-state index in [1.165, 1.54) is 47.2 Å². The number of rotatable bonds is 8. The molecule has 9 heteroatoms. The van der Waals surface area contributed by atoms with Crippen molar-refractivity contribution in [1.29, 1.82) is 0 Å². The van der Waals surface area contributed by atoms with Crippen molar-refractivity contribution in [3.05, 3.63) is 199 Å². The number of nitrogens with zero attached hydrogens (tertiary/aromatic N) is 9. The highest BCUT2D eigenvalue weighted by atomic mass is 14.9. The molecular formula is C57H60N9+3. The van der Waals surface area contributed by atoms with Crippen LogP contribution in [0.1, 0.15) is 73.1 Å². The molecule has 330 valence electrons. The standard InChI is InChI=1S/C20H22N3.C19H20N3.C18H18N3/c1-14(2)20-21-11-17(12-22-20)16-9-10-19(23(4)13-16)18-8-6-5-7-15(18)3;1-4-19-20-11-16(12-21-19)15-9-10-18(22(3)13-15)17-8-6-5-7-14(17)2;1-13-6-4-5-7-17(13)18-9-8-15(12-21(18)3)16-10-19-14(2)20-11-16/h5-14H,1-4H3;5-13H,4H2,1-3H3;4-12H,1-3H3/q3*+1/i1D3,14D;4D2;2D3. The molecule has 66 heavy (non-hydrogen) atoms. The average Bonchev–Trinajstić information content (AvgIpc) is 3.37. The third-order valence-corrected chi connectivity index (χ3v) is 11.2. The summed E-state index contributed by atoms with van der Waals surface area (Å²) < 4.78 is 74.1. The summed E-state index contributed by atoms with van der Waals surface area (Å²) in [5, 5.41) is 0. The van der Waals surface area contributed by atoms with Crippen molar-refractivity contribution in [2.75, 3.05) is 0 Å². The third-order valence-electron chi connectivity index (χ3n) is 11.2. The van der Waals surface area contributed by atoms with E-state index in [0.29, 0.717) is 0 Å². The Kier molecular flexibility index (Phi) is 11.5. The average molecular weight is 880 g/mol. The second-order valence-corrected chi connectivity index (χ2v) is 15.9. The first-order valence-corrected chi connectivity index (χ1v) is 21.5. The van der Waals surface area contributed by atoms with E-state index in [1.54, 1.807) is 37.2 Å². The SMILES string of the molecule is [2H]C([2H])(C)c1ncc(-c2ccc(-c3ccccc3C)[n+](C)c2)cn1.[2H]C([2H])([2H])C([2H])(C)c1ncc(-c2ccc(-c3ccccc3C)[n+](C)c2)cn1.[2H]C([2H])([2H])c1ncc(-c2ccc(-c3ccccc3C)[n+](C)c2)cn1. The maximum atomic E-state index is 8.08. The molecular weight excluding hydrogens is 811 g/mol. The fraction of sp³-hybridized carbons (Fsp3) is 0.211. The summed E-state index contributed by atoms with van der Waals surface area (Å²) in [6.45, 7) is 4.27. The van der Waals surface area contributed by atoms with Gasteiger partial charge in [0, 0.05) is 130 Å². The van der Waals surface area contributed by atoms with E-state index in [2.05, 4.69) is 108 Å². The predicted octanol–water partition coefficient (Wildman–Crippen LogP) is 10.8. The highest BCUT2D eigenvalue weighted by molar-refractivity contribution is 5.67. The van der Waals surface area contributed by atoms with Crippen LogP contribution in [0.4, 0.5) is 0 Å². The summed E-state index contributed by atoms with van der Waals surface area (Å²) in [6, 6.07) is 37.0. The van der Waals surface area contributed by atoms with Crippen LogP contribution >= 0.6 is 0 Å². The minimum Gasteiger partial charge on any atom is -0.241 e. The Morgan fingerprint density at radius 2 is 0.833 bits per heavy atom. The molecule has 1 atom stereocenters. The van der Waals surface area contributed by atoms with Crippen molar-refractivity contribution in [3.63, 3.8) is 0 Å². The van der Waals surface area contributed by atoms with Crippen LogP contribution in [0.25, 0.3) is 67.2 Å². The molecule has 0 aliphatic carbocycles. The van der Waals surface area contributed by atoms with Crippen molar-refractivity contribution in [2.24, 2.45) is 21.1 Å². The number of pyridine rings is 3. The first kappa shape index (κ1) is 35.7. The molecule has 0 spiro atoms. The molecule has 0 radical (unpaired) electrons. The number of aromatic nitrogens is 9. The van der Waals surface area contributed by atoms with Crippen molar-refractivity contribution >= 4 is 0 Å². The molecule has 6 heterocycles. The monoisotopic (exact) mass is 880 g/mol. The largest absolute Gasteiger partial charge is 0.241 e. The number of aryl methyl sites for hydroxylation is 8. The van der Waals surface area contributed by atoms with E-state index >= 15 is 0 Å². The zero-order chi connectivity index (χ0) is 54.5. The van der Waals surface area contributed by atoms with Gasteiger partial charge in [-0.25, -0.2) is 43.6 Å². The van der Waals surface area contributed by atoms with Gasteiger partial charge in [-0.2, -0.15) is 0 Å². The van der Waals surface area contributed by atoms with Crippen LogP contribution in [0, 0.1) is 27.6 Å². The number of hydrogen-bond acceptors (Lipinski definition) is 6. The molecule has 6 aromatic heterocycles. The van der Waals surface area contributed by atoms with Crippen LogP contribution in [0.3, 0.4) is 0 Å². The zero-order valence-corrected chi connectivity index (χ0v) is 38.6. The van der Waals surface area contributed by atoms with Gasteiger partial charge < -0.3 is 0 Å². The Labute approximate surface area is 403 Å². The lowest BCUT2D eigenvalue weighted by molar-refractivity contribution is -0.660. The summed E-state index contributed by atoms with van der Waals surface area (Å²) in [5.41, 5.74) is 15.8. The fourth-order valence-electron chi connectivity index (χ4n) is 7.51. The van der Waals surface area contributed by atoms with Crippen molar-refractivity contribution in [2.45, 2.75) is 60.6 Å². The van der Waals surface area contributed by atoms with E-state index in [-0.39, 0.29) is 17.5 Å². The van der Waals surface area contributed by atoms with Gasteiger partial charge in [-0.3, -0.25) is 0 Å². The molecule has 1 unspecified atom stereocenters. The highest BCUT2D eigenvalue weighted by Gasteiger charge is 2.17. The first-order chi connectivity index (χ1) is 35.3. The van der Waals surface area contributed by atoms with Gasteiger partial charge in [-0.05, 0) is 80.7 Å². The molecule has 0 saturated carbocycles. The van der Waals surface area contributed by atoms with Gasteiger partial charge in [0.2, 0.25) is 17.1 Å². The van der Waals surface area contributed by atoms with Crippen LogP contribution < -0.4 is 13.7 Å². The minimum atomic E-state index is -2.49. The fourth-order valence-corrected chi connectivity index (χ4v) is 7.51. The van der Waals surface area contributed by atoms with Gasteiger partial charge in [0.15, 0.2) is 18.6 Å². The number of hydrogen-bond donors (Lipinski definition) is 0. The van der Waals surface area contributed by atoms with Gasteiger partial charge in [0.25, 0.3) is 0 Å². The lowest BCUT2D eigenvalue weighted by Crippen LogP contribution is -2.30. The molecule has 9 rings (SSSR count). The minimum absolute atomic E-state index is 0.00726. The van der Waals surface area contributed by atoms with Crippen molar-refractivity contribution in [3.8, 4) is 67.2 Å². The summed E-state index contributed by atoms with van der Waals surface area (Å²) in [7, 11) is 5.99. The Morgan fingerprint density at radius 1 is 0.485 bits per heavy atom. The predicted molar refractivity (Wildman–Crippen MR) is 265 cm³/mol. The second kappa shape index (κ2) is 21.4. The van der Waals surface area contributed by atoms with E-state index in [1.807, 2.05) is 105 Å². The quantitative estimate of drug-likeness (QED) is 0.141. The maximum Gasteiger partial charge on any atom is 0.212 e.